The molecular weight excluding hydrogens is 286 g/mol. The van der Waals surface area contributed by atoms with Crippen molar-refractivity contribution in [2.24, 2.45) is 0 Å². The molecule has 0 saturated carbocycles. The van der Waals surface area contributed by atoms with Gasteiger partial charge in [0.1, 0.15) is 0 Å². The molecule has 0 amide bonds. The summed E-state index contributed by atoms with van der Waals surface area (Å²) in [4.78, 5) is 1.84. The number of para-hydroxylation sites is 1. The van der Waals surface area contributed by atoms with Crippen LogP contribution in [0.25, 0.3) is 0 Å². The Kier molecular flexibility index (Phi) is 4.59. The number of sulfone groups is 1. The van der Waals surface area contributed by atoms with E-state index in [2.05, 4.69) is 10.2 Å². The molecule has 1 heterocycles. The summed E-state index contributed by atoms with van der Waals surface area (Å²) >= 11 is 0. The van der Waals surface area contributed by atoms with Gasteiger partial charge in [0.15, 0.2) is 0 Å². The van der Waals surface area contributed by atoms with Crippen molar-refractivity contribution in [1.29, 1.82) is 0 Å². The molecule has 0 radical (unpaired) electrons. The normalized spacial score (nSPS) is 20.5. The fourth-order valence-corrected chi connectivity index (χ4v) is 3.33. The molecule has 4 nitrogen and oxygen atoms in total. The van der Waals surface area contributed by atoms with E-state index >= 15 is 0 Å². The zero-order chi connectivity index (χ0) is 14.8. The molecule has 7 heteroatoms. The van der Waals surface area contributed by atoms with E-state index in [1.165, 1.54) is 18.2 Å². The molecule has 2 rings (SSSR count). The number of hydrogen-bond acceptors (Lipinski definition) is 4. The van der Waals surface area contributed by atoms with Crippen molar-refractivity contribution in [2.75, 3.05) is 25.5 Å². The summed E-state index contributed by atoms with van der Waals surface area (Å²) in [5.41, 5.74) is 0.244. The van der Waals surface area contributed by atoms with Gasteiger partial charge in [0, 0.05) is 12.6 Å². The van der Waals surface area contributed by atoms with Crippen LogP contribution in [0.1, 0.15) is 12.8 Å². The highest BCUT2D eigenvalue weighted by Gasteiger charge is 2.29. The summed E-state index contributed by atoms with van der Waals surface area (Å²) in [5.74, 6) is -3.40. The molecule has 1 aromatic carbocycles. The fourth-order valence-electron chi connectivity index (χ4n) is 2.42. The number of likely N-dealkylation sites (N-methyl/N-ethyl adjacent to an activating group) is 1. The number of hydrogen-bond donors (Lipinski definition) is 1. The molecule has 1 aromatic rings. The number of benzene rings is 1. The molecule has 112 valence electrons. The van der Waals surface area contributed by atoms with Gasteiger partial charge in [-0.2, -0.15) is 8.78 Å². The molecule has 20 heavy (non-hydrogen) atoms. The molecule has 0 bridgehead atoms. The summed E-state index contributed by atoms with van der Waals surface area (Å²) in [6, 6.07) is 6.11. The van der Waals surface area contributed by atoms with Crippen LogP contribution in [0.3, 0.4) is 0 Å². The number of halogens is 2. The Hall–Kier alpha value is -1.21. The van der Waals surface area contributed by atoms with Crippen LogP contribution in [-0.4, -0.2) is 45.3 Å². The Balaban J connectivity index is 2.16. The van der Waals surface area contributed by atoms with Crippen LogP contribution in [0, 0.1) is 0 Å². The third kappa shape index (κ3) is 3.09. The number of alkyl halides is 2. The first-order chi connectivity index (χ1) is 9.43. The Labute approximate surface area is 117 Å². The largest absolute Gasteiger partial charge is 0.382 e. The quantitative estimate of drug-likeness (QED) is 0.906. The zero-order valence-corrected chi connectivity index (χ0v) is 12.0. The topological polar surface area (TPSA) is 49.4 Å². The summed E-state index contributed by atoms with van der Waals surface area (Å²) in [6.07, 6.45) is 2.12. The predicted octanol–water partition coefficient (Wildman–Crippen LogP) is 2.19. The van der Waals surface area contributed by atoms with E-state index in [4.69, 9.17) is 0 Å². The van der Waals surface area contributed by atoms with Gasteiger partial charge in [-0.15, -0.1) is 0 Å². The third-order valence-electron chi connectivity index (χ3n) is 3.63. The fraction of sp³-hybridized carbons (Fsp3) is 0.538. The maximum atomic E-state index is 12.7. The summed E-state index contributed by atoms with van der Waals surface area (Å²) in [7, 11) is -2.58. The minimum Gasteiger partial charge on any atom is -0.382 e. The predicted molar refractivity (Wildman–Crippen MR) is 73.8 cm³/mol. The van der Waals surface area contributed by atoms with Crippen molar-refractivity contribution in [2.45, 2.75) is 29.5 Å². The van der Waals surface area contributed by atoms with Gasteiger partial charge in [0.2, 0.25) is 9.84 Å². The number of likely N-dealkylation sites (tertiary alicyclic amines) is 1. The zero-order valence-electron chi connectivity index (χ0n) is 11.2. The van der Waals surface area contributed by atoms with Crippen LogP contribution < -0.4 is 5.32 Å². The van der Waals surface area contributed by atoms with Gasteiger partial charge in [-0.05, 0) is 38.6 Å². The lowest BCUT2D eigenvalue weighted by atomic mass is 10.2. The Bertz CT molecular complexity index is 563. The molecule has 1 unspecified atom stereocenters. The van der Waals surface area contributed by atoms with E-state index in [0.29, 0.717) is 12.6 Å². The maximum Gasteiger partial charge on any atom is 0.341 e. The van der Waals surface area contributed by atoms with Gasteiger partial charge in [-0.25, -0.2) is 8.42 Å². The molecule has 0 aliphatic carbocycles. The smallest absolute Gasteiger partial charge is 0.341 e. The number of nitrogens with zero attached hydrogens (tertiary/aromatic N) is 1. The van der Waals surface area contributed by atoms with Crippen LogP contribution >= 0.6 is 0 Å². The summed E-state index contributed by atoms with van der Waals surface area (Å²) in [5, 5.41) is 2.99. The average molecular weight is 304 g/mol. The van der Waals surface area contributed by atoms with E-state index in [-0.39, 0.29) is 10.6 Å². The van der Waals surface area contributed by atoms with Crippen LogP contribution in [0.15, 0.2) is 29.2 Å². The highest BCUT2D eigenvalue weighted by molar-refractivity contribution is 7.91. The van der Waals surface area contributed by atoms with Crippen LogP contribution in [0.4, 0.5) is 14.5 Å². The first-order valence-corrected chi connectivity index (χ1v) is 8.02. The highest BCUT2D eigenvalue weighted by Crippen LogP contribution is 2.26. The van der Waals surface area contributed by atoms with Crippen molar-refractivity contribution in [3.63, 3.8) is 0 Å². The van der Waals surface area contributed by atoms with Gasteiger partial charge in [-0.3, -0.25) is 0 Å². The van der Waals surface area contributed by atoms with Crippen molar-refractivity contribution in [3.05, 3.63) is 24.3 Å². The lowest BCUT2D eigenvalue weighted by molar-refractivity contribution is 0.235. The van der Waals surface area contributed by atoms with Crippen molar-refractivity contribution in [1.82, 2.24) is 4.90 Å². The standard InChI is InChI=1S/C13H18F2N2O2S/c1-17-8-4-5-10(17)9-16-11-6-2-3-7-12(11)20(18,19)13(14)15/h2-3,6-7,10,13,16H,4-5,8-9H2,1H3. The molecule has 1 atom stereocenters. The maximum absolute atomic E-state index is 12.7. The van der Waals surface area contributed by atoms with Gasteiger partial charge in [-0.1, -0.05) is 12.1 Å². The molecule has 1 N–H and O–H groups in total. The lowest BCUT2D eigenvalue weighted by Gasteiger charge is -2.21. The van der Waals surface area contributed by atoms with Crippen molar-refractivity contribution < 1.29 is 17.2 Å². The second kappa shape index (κ2) is 6.05. The van der Waals surface area contributed by atoms with E-state index in [0.717, 1.165) is 19.4 Å². The van der Waals surface area contributed by atoms with Crippen LogP contribution in [-0.2, 0) is 9.84 Å². The van der Waals surface area contributed by atoms with Gasteiger partial charge < -0.3 is 10.2 Å². The molecule has 1 aliphatic heterocycles. The minimum atomic E-state index is -4.58. The molecule has 1 saturated heterocycles. The second-order valence-corrected chi connectivity index (χ2v) is 6.85. The van der Waals surface area contributed by atoms with Crippen LogP contribution in [0.5, 0.6) is 0 Å². The summed E-state index contributed by atoms with van der Waals surface area (Å²) < 4.78 is 48.5. The monoisotopic (exact) mass is 304 g/mol. The van der Waals surface area contributed by atoms with E-state index in [9.17, 15) is 17.2 Å². The second-order valence-electron chi connectivity index (χ2n) is 4.96. The Morgan fingerprint density at radius 3 is 2.70 bits per heavy atom. The third-order valence-corrected chi connectivity index (χ3v) is 5.07. The number of anilines is 1. The Morgan fingerprint density at radius 2 is 2.10 bits per heavy atom. The van der Waals surface area contributed by atoms with Crippen molar-refractivity contribution >= 4 is 15.5 Å². The lowest BCUT2D eigenvalue weighted by Crippen LogP contribution is -2.31. The summed E-state index contributed by atoms with van der Waals surface area (Å²) in [6.45, 7) is 1.55. The van der Waals surface area contributed by atoms with E-state index < -0.39 is 15.6 Å². The van der Waals surface area contributed by atoms with E-state index in [1.807, 2.05) is 7.05 Å². The highest BCUT2D eigenvalue weighted by atomic mass is 32.2. The molecular formula is C13H18F2N2O2S. The SMILES string of the molecule is CN1CCCC1CNc1ccccc1S(=O)(=O)C(F)F. The molecule has 0 spiro atoms. The Morgan fingerprint density at radius 1 is 1.40 bits per heavy atom. The average Bonchev–Trinajstić information content (AvgIpc) is 2.82. The van der Waals surface area contributed by atoms with Gasteiger partial charge >= 0.3 is 5.76 Å². The first-order valence-electron chi connectivity index (χ1n) is 6.48. The minimum absolute atomic E-state index is 0.244. The number of nitrogens with one attached hydrogen (secondary N) is 1. The van der Waals surface area contributed by atoms with Gasteiger partial charge in [0.05, 0.1) is 10.6 Å². The molecule has 1 aliphatic rings. The van der Waals surface area contributed by atoms with E-state index in [1.54, 1.807) is 6.07 Å². The number of rotatable bonds is 5. The van der Waals surface area contributed by atoms with Crippen LogP contribution in [0.2, 0.25) is 0 Å². The van der Waals surface area contributed by atoms with Crippen molar-refractivity contribution in [3.8, 4) is 0 Å². The van der Waals surface area contributed by atoms with Gasteiger partial charge in [0.25, 0.3) is 0 Å². The molecule has 0 aromatic heterocycles. The first kappa shape index (κ1) is 15.2. The molecule has 1 fully saturated rings.